The van der Waals surface area contributed by atoms with Gasteiger partial charge in [0.1, 0.15) is 0 Å². The van der Waals surface area contributed by atoms with Gasteiger partial charge >= 0.3 is 22.6 Å². The third kappa shape index (κ3) is 3.13. The Balaban J connectivity index is 1.66. The van der Waals surface area contributed by atoms with Gasteiger partial charge in [0.15, 0.2) is 0 Å². The van der Waals surface area contributed by atoms with E-state index in [-0.39, 0.29) is 0 Å². The van der Waals surface area contributed by atoms with Crippen molar-refractivity contribution in [3.8, 4) is 0 Å². The van der Waals surface area contributed by atoms with Gasteiger partial charge in [0.05, 0.1) is 0 Å². The van der Waals surface area contributed by atoms with E-state index in [1.807, 2.05) is 0 Å². The summed E-state index contributed by atoms with van der Waals surface area (Å²) in [6, 6.07) is 31.9. The van der Waals surface area contributed by atoms with Crippen LogP contribution in [-0.4, -0.2) is 22.6 Å². The van der Waals surface area contributed by atoms with Crippen molar-refractivity contribution in [2.75, 3.05) is 14.2 Å². The molecule has 4 rings (SSSR count). The average Bonchev–Trinajstić information content (AvgIpc) is 2.70. The third-order valence-corrected chi connectivity index (χ3v) is 4.39. The molecular weight excluding hydrogens is 291 g/mol. The first-order valence-corrected chi connectivity index (χ1v) is 8.30. The van der Waals surface area contributed by atoms with Crippen LogP contribution in [0.15, 0.2) is 91.0 Å². The predicted molar refractivity (Wildman–Crippen MR) is 108 cm³/mol. The van der Waals surface area contributed by atoms with Gasteiger partial charge in [0.25, 0.3) is 0 Å². The van der Waals surface area contributed by atoms with Crippen molar-refractivity contribution >= 4 is 39.7 Å². The van der Waals surface area contributed by atoms with Gasteiger partial charge in [-0.25, -0.2) is 0 Å². The fourth-order valence-electron chi connectivity index (χ4n) is 3.16. The van der Waals surface area contributed by atoms with Crippen molar-refractivity contribution in [3.05, 3.63) is 91.0 Å². The molecule has 0 saturated carbocycles. The zero-order valence-corrected chi connectivity index (χ0v) is 13.6. The lowest BCUT2D eigenvalue weighted by atomic mass is 9.72. The molecule has 0 aromatic heterocycles. The average molecular weight is 309 g/mol. The quantitative estimate of drug-likeness (QED) is 0.688. The fraction of sp³-hybridized carbons (Fsp3) is 0. The Morgan fingerprint density at radius 3 is 0.875 bits per heavy atom. The van der Waals surface area contributed by atoms with Crippen molar-refractivity contribution in [2.45, 2.75) is 0 Å². The molecule has 3 aromatic carbocycles. The van der Waals surface area contributed by atoms with Gasteiger partial charge in [-0.1, -0.05) is 54.6 Å². The molecule has 3 aromatic rings. The van der Waals surface area contributed by atoms with Gasteiger partial charge in [-0.2, -0.15) is 0 Å². The zero-order valence-electron chi connectivity index (χ0n) is 13.6. The van der Waals surface area contributed by atoms with Crippen LogP contribution in [0.5, 0.6) is 0 Å². The highest BCUT2D eigenvalue weighted by atomic mass is 15.3. The lowest BCUT2D eigenvalue weighted by molar-refractivity contribution is 1.36. The topological polar surface area (TPSA) is 9.72 Å². The molecule has 0 spiro atoms. The van der Waals surface area contributed by atoms with Gasteiger partial charge in [-0.05, 0) is 36.4 Å². The number of para-hydroxylation sites is 3. The van der Waals surface area contributed by atoms with E-state index < -0.39 is 0 Å². The highest BCUT2D eigenvalue weighted by Gasteiger charge is 2.28. The van der Waals surface area contributed by atoms with E-state index >= 15 is 0 Å². The van der Waals surface area contributed by atoms with Gasteiger partial charge in [-0.3, -0.25) is 0 Å². The smallest absolute Gasteiger partial charge is 0.333 e. The molecule has 1 aliphatic heterocycles. The number of benzene rings is 3. The van der Waals surface area contributed by atoms with Crippen molar-refractivity contribution in [1.82, 2.24) is 0 Å². The van der Waals surface area contributed by atoms with E-state index in [0.29, 0.717) is 0 Å². The van der Waals surface area contributed by atoms with Gasteiger partial charge in [0, 0.05) is 17.1 Å². The van der Waals surface area contributed by atoms with E-state index in [4.69, 9.17) is 0 Å². The zero-order chi connectivity index (χ0) is 16.2. The summed E-state index contributed by atoms with van der Waals surface area (Å²) < 4.78 is 7.22. The molecule has 0 bridgehead atoms. The van der Waals surface area contributed by atoms with E-state index in [1.165, 1.54) is 17.1 Å². The molecule has 0 aliphatic carbocycles. The van der Waals surface area contributed by atoms with Crippen LogP contribution in [0.1, 0.15) is 0 Å². The van der Waals surface area contributed by atoms with Gasteiger partial charge in [0.2, 0.25) is 0 Å². The molecule has 3 nitrogen and oxygen atoms in total. The molecule has 1 aliphatic rings. The van der Waals surface area contributed by atoms with Crippen LogP contribution in [0, 0.1) is 0 Å². The minimum atomic E-state index is 0.886. The van der Waals surface area contributed by atoms with Crippen LogP contribution >= 0.6 is 0 Å². The number of anilines is 3. The summed E-state index contributed by atoms with van der Waals surface area (Å²) in [6.45, 7) is 0. The van der Waals surface area contributed by atoms with E-state index in [2.05, 4.69) is 105 Å². The van der Waals surface area contributed by atoms with Gasteiger partial charge < -0.3 is 14.2 Å². The summed E-state index contributed by atoms with van der Waals surface area (Å²) in [5, 5.41) is 0. The number of hydrogen-bond acceptors (Lipinski definition) is 3. The Bertz CT molecular complexity index is 657. The Kier molecular flexibility index (Phi) is 4.19. The molecule has 0 atom stereocenters. The van der Waals surface area contributed by atoms with Gasteiger partial charge in [-0.15, -0.1) is 0 Å². The van der Waals surface area contributed by atoms with Crippen LogP contribution in [-0.2, 0) is 0 Å². The first kappa shape index (κ1) is 14.8. The largest absolute Gasteiger partial charge is 0.431 e. The summed E-state index contributed by atoms with van der Waals surface area (Å²) in [4.78, 5) is 0. The summed E-state index contributed by atoms with van der Waals surface area (Å²) in [5.74, 6) is 0. The summed E-state index contributed by atoms with van der Waals surface area (Å²) in [5.41, 5.74) is 3.75. The highest BCUT2D eigenvalue weighted by molar-refractivity contribution is 6.86. The van der Waals surface area contributed by atoms with Crippen molar-refractivity contribution in [3.63, 3.8) is 0 Å². The molecule has 1 heterocycles. The third-order valence-electron chi connectivity index (χ3n) is 4.39. The summed E-state index contributed by atoms with van der Waals surface area (Å²) in [6.07, 6.45) is 0. The summed E-state index contributed by atoms with van der Waals surface area (Å²) >= 11 is 0. The maximum Gasteiger partial charge on any atom is 0.333 e. The molecular formula is C18H18B3N3. The van der Waals surface area contributed by atoms with Crippen molar-refractivity contribution in [2.24, 2.45) is 0 Å². The minimum absolute atomic E-state index is 0.886. The predicted octanol–water partition coefficient (Wildman–Crippen LogP) is 2.32. The minimum Gasteiger partial charge on any atom is -0.431 e. The van der Waals surface area contributed by atoms with E-state index in [9.17, 15) is 0 Å². The number of hydrogen-bond donors (Lipinski definition) is 0. The Morgan fingerprint density at radius 1 is 0.375 bits per heavy atom. The molecule has 0 radical (unpaired) electrons. The first-order chi connectivity index (χ1) is 11.9. The first-order valence-electron chi connectivity index (χ1n) is 8.30. The van der Waals surface area contributed by atoms with Crippen molar-refractivity contribution < 1.29 is 0 Å². The fourth-order valence-corrected chi connectivity index (χ4v) is 3.16. The highest BCUT2D eigenvalue weighted by Crippen LogP contribution is 2.23. The molecule has 0 N–H and O–H groups in total. The summed E-state index contributed by atoms with van der Waals surface area (Å²) in [7, 11) is 2.66. The van der Waals surface area contributed by atoms with Crippen LogP contribution in [0.4, 0.5) is 17.1 Å². The maximum absolute atomic E-state index is 2.41. The van der Waals surface area contributed by atoms with E-state index in [0.717, 1.165) is 22.6 Å². The van der Waals surface area contributed by atoms with Crippen LogP contribution in [0.3, 0.4) is 0 Å². The molecule has 114 valence electrons. The number of rotatable bonds is 3. The Hall–Kier alpha value is -2.75. The van der Waals surface area contributed by atoms with Crippen molar-refractivity contribution in [1.29, 1.82) is 0 Å². The Labute approximate surface area is 145 Å². The standard InChI is InChI=1S/C18H18B3N3/c1-4-10-16(11-5-1)22-19-23(17-12-6-2-7-13-17)21-24(20-22)18-14-8-3-9-15-18/h1-15,19-21H. The molecule has 0 unspecified atom stereocenters. The van der Waals surface area contributed by atoms with E-state index in [1.54, 1.807) is 0 Å². The molecule has 1 saturated heterocycles. The second-order valence-corrected chi connectivity index (χ2v) is 6.05. The molecule has 24 heavy (non-hydrogen) atoms. The lowest BCUT2D eigenvalue weighted by Gasteiger charge is -2.43. The second-order valence-electron chi connectivity index (χ2n) is 6.05. The maximum atomic E-state index is 2.41. The Morgan fingerprint density at radius 2 is 0.625 bits per heavy atom. The number of nitrogens with zero attached hydrogens (tertiary/aromatic N) is 3. The second kappa shape index (κ2) is 6.79. The normalized spacial score (nSPS) is 13.8. The molecule has 1 fully saturated rings. The lowest BCUT2D eigenvalue weighted by Crippen LogP contribution is -2.62. The SMILES string of the molecule is B1N(c2ccccc2)BN(c2ccccc2)BN1c1ccccc1. The molecule has 6 heteroatoms. The van der Waals surface area contributed by atoms with Crippen LogP contribution < -0.4 is 14.2 Å². The van der Waals surface area contributed by atoms with Crippen LogP contribution in [0.25, 0.3) is 0 Å². The molecule has 0 amide bonds. The monoisotopic (exact) mass is 309 g/mol. The van der Waals surface area contributed by atoms with Crippen LogP contribution in [0.2, 0.25) is 0 Å².